The van der Waals surface area contributed by atoms with Gasteiger partial charge in [0.1, 0.15) is 12.6 Å². The smallest absolute Gasteiger partial charge is 0.410 e. The number of ether oxygens (including phenoxy) is 1. The van der Waals surface area contributed by atoms with Crippen LogP contribution in [0.15, 0.2) is 54.7 Å². The molecule has 2 fully saturated rings. The van der Waals surface area contributed by atoms with Crippen molar-refractivity contribution in [2.24, 2.45) is 0 Å². The summed E-state index contributed by atoms with van der Waals surface area (Å²) in [6.45, 7) is 0.762. The summed E-state index contributed by atoms with van der Waals surface area (Å²) in [7, 11) is 0. The van der Waals surface area contributed by atoms with Gasteiger partial charge in [0, 0.05) is 34.7 Å². The lowest BCUT2D eigenvalue weighted by atomic mass is 9.81. The van der Waals surface area contributed by atoms with E-state index in [9.17, 15) is 9.59 Å². The van der Waals surface area contributed by atoms with E-state index in [2.05, 4.69) is 16.5 Å². The van der Waals surface area contributed by atoms with Crippen LogP contribution in [0.4, 0.5) is 4.79 Å². The number of H-pyrrole nitrogens is 1. The Morgan fingerprint density at radius 3 is 2.79 bits per heavy atom. The number of amides is 2. The van der Waals surface area contributed by atoms with Gasteiger partial charge in [-0.15, -0.1) is 0 Å². The average Bonchev–Trinajstić information content (AvgIpc) is 3.51. The summed E-state index contributed by atoms with van der Waals surface area (Å²) in [4.78, 5) is 30.8. The van der Waals surface area contributed by atoms with Crippen molar-refractivity contribution in [3.8, 4) is 0 Å². The minimum Gasteiger partial charge on any atom is -0.445 e. The maximum absolute atomic E-state index is 13.2. The summed E-state index contributed by atoms with van der Waals surface area (Å²) < 4.78 is 5.49. The van der Waals surface area contributed by atoms with Gasteiger partial charge in [0.25, 0.3) is 0 Å². The van der Waals surface area contributed by atoms with Crippen molar-refractivity contribution in [2.75, 3.05) is 6.54 Å². The van der Waals surface area contributed by atoms with E-state index < -0.39 is 12.1 Å². The molecule has 0 spiro atoms. The zero-order valence-electron chi connectivity index (χ0n) is 19.1. The van der Waals surface area contributed by atoms with Gasteiger partial charge in [-0.3, -0.25) is 9.69 Å². The quantitative estimate of drug-likeness (QED) is 0.488. The van der Waals surface area contributed by atoms with Crippen LogP contribution in [0.25, 0.3) is 10.9 Å². The minimum atomic E-state index is -0.462. The van der Waals surface area contributed by atoms with Crippen LogP contribution in [0.3, 0.4) is 0 Å². The number of nitrogens with zero attached hydrogens (tertiary/aromatic N) is 1. The second kappa shape index (κ2) is 10.1. The highest BCUT2D eigenvalue weighted by atomic mass is 35.5. The molecule has 1 saturated heterocycles. The molecule has 2 heterocycles. The fourth-order valence-electron chi connectivity index (χ4n) is 5.41. The number of aromatic amines is 1. The summed E-state index contributed by atoms with van der Waals surface area (Å²) >= 11 is 6.24. The Morgan fingerprint density at radius 2 is 1.94 bits per heavy atom. The molecule has 1 saturated carbocycles. The molecule has 2 aromatic carbocycles. The Morgan fingerprint density at radius 1 is 1.09 bits per heavy atom. The summed E-state index contributed by atoms with van der Waals surface area (Å²) in [5, 5.41) is 5.14. The first-order valence-corrected chi connectivity index (χ1v) is 12.5. The van der Waals surface area contributed by atoms with Crippen LogP contribution >= 0.6 is 11.6 Å². The summed E-state index contributed by atoms with van der Waals surface area (Å²) in [6.07, 6.45) is 7.12. The first kappa shape index (κ1) is 22.8. The molecular weight excluding hydrogens is 450 g/mol. The molecule has 1 aliphatic carbocycles. The largest absolute Gasteiger partial charge is 0.445 e. The van der Waals surface area contributed by atoms with Gasteiger partial charge in [0.2, 0.25) is 5.91 Å². The molecule has 2 amide bonds. The third kappa shape index (κ3) is 4.92. The van der Waals surface area contributed by atoms with Crippen LogP contribution in [0.2, 0.25) is 5.02 Å². The lowest BCUT2D eigenvalue weighted by Crippen LogP contribution is -2.49. The van der Waals surface area contributed by atoms with Gasteiger partial charge in [-0.25, -0.2) is 4.79 Å². The number of aromatic nitrogens is 1. The van der Waals surface area contributed by atoms with Crippen molar-refractivity contribution in [3.05, 3.63) is 70.9 Å². The van der Waals surface area contributed by atoms with Crippen LogP contribution < -0.4 is 5.32 Å². The highest BCUT2D eigenvalue weighted by molar-refractivity contribution is 6.31. The number of fused-ring (bicyclic) bond motifs is 1. The maximum Gasteiger partial charge on any atom is 0.410 e. The molecular formula is C27H30ClN3O3. The molecule has 2 N–H and O–H groups in total. The Labute approximate surface area is 204 Å². The summed E-state index contributed by atoms with van der Waals surface area (Å²) in [6, 6.07) is 15.1. The van der Waals surface area contributed by atoms with Gasteiger partial charge in [-0.2, -0.15) is 0 Å². The van der Waals surface area contributed by atoms with Gasteiger partial charge in [-0.05, 0) is 67.3 Å². The van der Waals surface area contributed by atoms with E-state index in [0.717, 1.165) is 53.6 Å². The Kier molecular flexibility index (Phi) is 6.77. The predicted molar refractivity (Wildman–Crippen MR) is 133 cm³/mol. The Hall–Kier alpha value is -2.99. The van der Waals surface area contributed by atoms with E-state index in [1.54, 1.807) is 4.90 Å². The van der Waals surface area contributed by atoms with Crippen molar-refractivity contribution in [1.29, 1.82) is 0 Å². The monoisotopic (exact) mass is 479 g/mol. The molecule has 0 radical (unpaired) electrons. The molecule has 2 aliphatic rings. The number of rotatable bonds is 5. The highest BCUT2D eigenvalue weighted by Crippen LogP contribution is 2.37. The molecule has 34 heavy (non-hydrogen) atoms. The molecule has 3 aromatic rings. The maximum atomic E-state index is 13.2. The molecule has 1 aromatic heterocycles. The van der Waals surface area contributed by atoms with Crippen molar-refractivity contribution in [3.63, 3.8) is 0 Å². The van der Waals surface area contributed by atoms with E-state index in [4.69, 9.17) is 16.3 Å². The third-order valence-electron chi connectivity index (χ3n) is 7.13. The van der Waals surface area contributed by atoms with E-state index in [1.807, 2.05) is 48.5 Å². The zero-order chi connectivity index (χ0) is 23.5. The second-order valence-corrected chi connectivity index (χ2v) is 9.83. The molecule has 1 aliphatic heterocycles. The van der Waals surface area contributed by atoms with Crippen molar-refractivity contribution < 1.29 is 14.3 Å². The number of nitrogens with one attached hydrogen (secondary N) is 2. The highest BCUT2D eigenvalue weighted by Gasteiger charge is 2.36. The summed E-state index contributed by atoms with van der Waals surface area (Å²) in [5.74, 6) is 0.295. The molecule has 178 valence electrons. The van der Waals surface area contributed by atoms with Crippen LogP contribution in [0.5, 0.6) is 0 Å². The lowest BCUT2D eigenvalue weighted by molar-refractivity contribution is -0.126. The van der Waals surface area contributed by atoms with Gasteiger partial charge >= 0.3 is 6.09 Å². The van der Waals surface area contributed by atoms with Crippen molar-refractivity contribution in [2.45, 2.75) is 63.1 Å². The molecule has 3 atom stereocenters. The van der Waals surface area contributed by atoms with Gasteiger partial charge in [0.15, 0.2) is 0 Å². The van der Waals surface area contributed by atoms with Gasteiger partial charge < -0.3 is 15.0 Å². The topological polar surface area (TPSA) is 74.4 Å². The van der Waals surface area contributed by atoms with Crippen molar-refractivity contribution in [1.82, 2.24) is 15.2 Å². The number of carbonyl (C=O) groups is 2. The molecule has 1 unspecified atom stereocenters. The number of halogens is 1. The second-order valence-electron chi connectivity index (χ2n) is 9.39. The van der Waals surface area contributed by atoms with E-state index in [-0.39, 0.29) is 18.6 Å². The minimum absolute atomic E-state index is 0.0678. The molecule has 6 nitrogen and oxygen atoms in total. The molecule has 0 bridgehead atoms. The number of likely N-dealkylation sites (tertiary alicyclic amines) is 1. The van der Waals surface area contributed by atoms with Crippen LogP contribution in [0.1, 0.15) is 55.6 Å². The zero-order valence-corrected chi connectivity index (χ0v) is 19.9. The fourth-order valence-corrected chi connectivity index (χ4v) is 5.59. The third-order valence-corrected chi connectivity index (χ3v) is 7.37. The van der Waals surface area contributed by atoms with E-state index in [0.29, 0.717) is 18.9 Å². The summed E-state index contributed by atoms with van der Waals surface area (Å²) in [5.41, 5.74) is 3.28. The van der Waals surface area contributed by atoms with Crippen LogP contribution in [-0.4, -0.2) is 40.5 Å². The van der Waals surface area contributed by atoms with Crippen LogP contribution in [-0.2, 0) is 16.1 Å². The number of benzene rings is 2. The standard InChI is InChI=1S/C27H30ClN3O3/c28-20-11-12-24-22(15-20)23(16-29-24)19-8-4-9-21(14-19)30-26(32)25-10-5-13-31(25)27(33)34-17-18-6-2-1-3-7-18/h1-3,6-7,11-12,15-16,19,21,25,29H,4-5,8-10,13-14,17H2,(H,30,32)/t19-,21+,25?/m1/s1. The van der Waals surface area contributed by atoms with E-state index in [1.165, 1.54) is 5.56 Å². The van der Waals surface area contributed by atoms with Gasteiger partial charge in [-0.1, -0.05) is 48.4 Å². The number of hydrogen-bond acceptors (Lipinski definition) is 3. The predicted octanol–water partition coefficient (Wildman–Crippen LogP) is 5.76. The normalized spacial score (nSPS) is 22.6. The van der Waals surface area contributed by atoms with Crippen LogP contribution in [0, 0.1) is 0 Å². The van der Waals surface area contributed by atoms with E-state index >= 15 is 0 Å². The fraction of sp³-hybridized carbons (Fsp3) is 0.407. The molecule has 5 rings (SSSR count). The first-order chi connectivity index (χ1) is 16.6. The first-order valence-electron chi connectivity index (χ1n) is 12.1. The Bertz CT molecular complexity index is 1160. The van der Waals surface area contributed by atoms with Gasteiger partial charge in [0.05, 0.1) is 0 Å². The Balaban J connectivity index is 1.20. The molecule has 7 heteroatoms. The average molecular weight is 480 g/mol. The number of hydrogen-bond donors (Lipinski definition) is 2. The van der Waals surface area contributed by atoms with Crippen molar-refractivity contribution >= 4 is 34.5 Å². The SMILES string of the molecule is O=C(N[C@H]1CCC[C@@H](c2c[nH]c3ccc(Cl)cc23)C1)C1CCCN1C(=O)OCc1ccccc1. The number of carbonyl (C=O) groups excluding carboxylic acids is 2. The lowest BCUT2D eigenvalue weighted by Gasteiger charge is -2.31.